The number of carbonyl (C=O) groups is 1. The molecule has 2 atom stereocenters. The molecule has 0 saturated carbocycles. The summed E-state index contributed by atoms with van der Waals surface area (Å²) in [4.78, 5) is 11.0. The van der Waals surface area contributed by atoms with Gasteiger partial charge in [-0.3, -0.25) is 0 Å². The molecule has 0 aromatic heterocycles. The number of carboxylic acids is 1. The van der Waals surface area contributed by atoms with Crippen LogP contribution in [0.25, 0.3) is 0 Å². The maximum absolute atomic E-state index is 11.0. The van der Waals surface area contributed by atoms with Crippen LogP contribution in [0.15, 0.2) is 0 Å². The summed E-state index contributed by atoms with van der Waals surface area (Å²) in [5, 5.41) is 29.0. The third-order valence-electron chi connectivity index (χ3n) is 2.87. The van der Waals surface area contributed by atoms with Gasteiger partial charge in [-0.1, -0.05) is 33.1 Å². The van der Waals surface area contributed by atoms with Crippen LogP contribution in [0.2, 0.25) is 0 Å². The molecule has 0 bridgehead atoms. The Kier molecular flexibility index (Phi) is 5.24. The predicted octanol–water partition coefficient (Wildman–Crippen LogP) is 1.54. The van der Waals surface area contributed by atoms with Crippen molar-refractivity contribution in [3.05, 3.63) is 0 Å². The van der Waals surface area contributed by atoms with Crippen molar-refractivity contribution in [1.82, 2.24) is 0 Å². The van der Waals surface area contributed by atoms with E-state index in [9.17, 15) is 15.0 Å². The lowest BCUT2D eigenvalue weighted by Gasteiger charge is -2.37. The number of unbranched alkanes of at least 4 members (excludes halogenated alkanes) is 1. The van der Waals surface area contributed by atoms with Crippen LogP contribution in [0, 0.1) is 0 Å². The van der Waals surface area contributed by atoms with Crippen molar-refractivity contribution in [2.75, 3.05) is 0 Å². The largest absolute Gasteiger partial charge is 0.479 e. The number of rotatable bonds is 7. The van der Waals surface area contributed by atoms with Gasteiger partial charge in [0, 0.05) is 0 Å². The Hall–Kier alpha value is -0.610. The fourth-order valence-corrected chi connectivity index (χ4v) is 1.70. The molecule has 0 amide bonds. The molecule has 0 heterocycles. The molecule has 0 aromatic carbocycles. The topological polar surface area (TPSA) is 77.8 Å². The number of aliphatic hydroxyl groups is 2. The average Bonchev–Trinajstić information content (AvgIpc) is 2.14. The molecule has 0 aliphatic rings. The Morgan fingerprint density at radius 2 is 1.67 bits per heavy atom. The first kappa shape index (κ1) is 14.4. The Morgan fingerprint density at radius 1 is 1.13 bits per heavy atom. The summed E-state index contributed by atoms with van der Waals surface area (Å²) < 4.78 is 0. The van der Waals surface area contributed by atoms with Crippen molar-refractivity contribution in [2.45, 2.75) is 64.1 Å². The van der Waals surface area contributed by atoms with Crippen molar-refractivity contribution < 1.29 is 20.1 Å². The minimum Gasteiger partial charge on any atom is -0.479 e. The van der Waals surface area contributed by atoms with Crippen molar-refractivity contribution in [1.29, 1.82) is 0 Å². The first-order valence-electron chi connectivity index (χ1n) is 5.50. The van der Waals surface area contributed by atoms with Gasteiger partial charge in [0.1, 0.15) is 5.60 Å². The highest BCUT2D eigenvalue weighted by Gasteiger charge is 2.50. The van der Waals surface area contributed by atoms with Crippen LogP contribution in [0.1, 0.15) is 52.9 Å². The molecule has 0 aromatic rings. The molecule has 0 spiro atoms. The fraction of sp³-hybridized carbons (Fsp3) is 0.909. The zero-order chi connectivity index (χ0) is 12.1. The average molecular weight is 218 g/mol. The monoisotopic (exact) mass is 218 g/mol. The van der Waals surface area contributed by atoms with Gasteiger partial charge >= 0.3 is 5.97 Å². The van der Waals surface area contributed by atoms with E-state index in [2.05, 4.69) is 0 Å². The smallest absolute Gasteiger partial charge is 0.338 e. The Bertz CT molecular complexity index is 213. The summed E-state index contributed by atoms with van der Waals surface area (Å²) in [5.41, 5.74) is -3.60. The van der Waals surface area contributed by atoms with E-state index in [1.54, 1.807) is 6.92 Å². The van der Waals surface area contributed by atoms with Crippen LogP contribution in [0.5, 0.6) is 0 Å². The number of carboxylic acid groups (broad SMARTS) is 1. The Balaban J connectivity index is 4.80. The van der Waals surface area contributed by atoms with Gasteiger partial charge in [-0.15, -0.1) is 0 Å². The van der Waals surface area contributed by atoms with E-state index in [-0.39, 0.29) is 6.42 Å². The van der Waals surface area contributed by atoms with Crippen molar-refractivity contribution in [3.63, 3.8) is 0 Å². The Labute approximate surface area is 90.9 Å². The molecule has 15 heavy (non-hydrogen) atoms. The van der Waals surface area contributed by atoms with Crippen molar-refractivity contribution >= 4 is 5.97 Å². The molecule has 0 fully saturated rings. The van der Waals surface area contributed by atoms with Gasteiger partial charge in [0.2, 0.25) is 0 Å². The van der Waals surface area contributed by atoms with Crippen molar-refractivity contribution in [2.24, 2.45) is 0 Å². The molecular weight excluding hydrogens is 196 g/mol. The summed E-state index contributed by atoms with van der Waals surface area (Å²) >= 11 is 0. The van der Waals surface area contributed by atoms with Gasteiger partial charge in [0.15, 0.2) is 5.60 Å². The number of hydrogen-bond donors (Lipinski definition) is 3. The lowest BCUT2D eigenvalue weighted by molar-refractivity contribution is -0.192. The summed E-state index contributed by atoms with van der Waals surface area (Å²) in [6.07, 6.45) is 2.45. The molecular formula is C11H22O4. The highest BCUT2D eigenvalue weighted by molar-refractivity contribution is 5.78. The lowest BCUT2D eigenvalue weighted by Crippen LogP contribution is -2.57. The first-order chi connectivity index (χ1) is 6.81. The van der Waals surface area contributed by atoms with E-state index in [1.807, 2.05) is 6.92 Å². The van der Waals surface area contributed by atoms with Crippen LogP contribution in [-0.2, 0) is 4.79 Å². The third-order valence-corrected chi connectivity index (χ3v) is 2.87. The predicted molar refractivity (Wildman–Crippen MR) is 57.6 cm³/mol. The van der Waals surface area contributed by atoms with E-state index < -0.39 is 17.2 Å². The van der Waals surface area contributed by atoms with Crippen LogP contribution in [0.4, 0.5) is 0 Å². The summed E-state index contributed by atoms with van der Waals surface area (Å²) in [6, 6.07) is 0. The van der Waals surface area contributed by atoms with E-state index in [0.29, 0.717) is 19.3 Å². The Morgan fingerprint density at radius 3 is 2.00 bits per heavy atom. The van der Waals surface area contributed by atoms with Crippen LogP contribution in [0.3, 0.4) is 0 Å². The minimum absolute atomic E-state index is 0.0685. The molecule has 0 rings (SSSR count). The molecule has 0 aliphatic heterocycles. The second kappa shape index (κ2) is 5.47. The molecule has 90 valence electrons. The zero-order valence-electron chi connectivity index (χ0n) is 9.79. The van der Waals surface area contributed by atoms with Gasteiger partial charge in [-0.05, 0) is 19.8 Å². The van der Waals surface area contributed by atoms with Gasteiger partial charge in [-0.2, -0.15) is 0 Å². The SMILES string of the molecule is CCCCC(C)(O)C(O)(CCC)C(=O)O. The molecule has 0 radical (unpaired) electrons. The lowest BCUT2D eigenvalue weighted by atomic mass is 9.78. The zero-order valence-corrected chi connectivity index (χ0v) is 9.79. The third kappa shape index (κ3) is 3.18. The summed E-state index contributed by atoms with van der Waals surface area (Å²) in [6.45, 7) is 5.13. The molecule has 0 saturated heterocycles. The second-order valence-corrected chi connectivity index (χ2v) is 4.29. The standard InChI is InChI=1S/C11H22O4/c1-4-6-8-10(3,14)11(15,7-5-2)9(12)13/h14-15H,4-8H2,1-3H3,(H,12,13). The molecule has 4 heteroatoms. The minimum atomic E-state index is -2.03. The van der Waals surface area contributed by atoms with Crippen LogP contribution in [-0.4, -0.2) is 32.5 Å². The number of aliphatic carboxylic acids is 1. The van der Waals surface area contributed by atoms with E-state index in [0.717, 1.165) is 6.42 Å². The summed E-state index contributed by atoms with van der Waals surface area (Å²) in [7, 11) is 0. The van der Waals surface area contributed by atoms with Crippen LogP contribution < -0.4 is 0 Å². The second-order valence-electron chi connectivity index (χ2n) is 4.29. The first-order valence-corrected chi connectivity index (χ1v) is 5.50. The molecule has 0 aliphatic carbocycles. The van der Waals surface area contributed by atoms with Gasteiger partial charge in [0.05, 0.1) is 0 Å². The molecule has 2 unspecified atom stereocenters. The van der Waals surface area contributed by atoms with E-state index in [1.165, 1.54) is 6.92 Å². The highest BCUT2D eigenvalue weighted by Crippen LogP contribution is 2.31. The normalized spacial score (nSPS) is 19.3. The van der Waals surface area contributed by atoms with Crippen molar-refractivity contribution in [3.8, 4) is 0 Å². The maximum atomic E-state index is 11.0. The van der Waals surface area contributed by atoms with E-state index in [4.69, 9.17) is 5.11 Å². The molecule has 3 N–H and O–H groups in total. The quantitative estimate of drug-likeness (QED) is 0.605. The van der Waals surface area contributed by atoms with Gasteiger partial charge < -0.3 is 15.3 Å². The maximum Gasteiger partial charge on any atom is 0.338 e. The molecule has 4 nitrogen and oxygen atoms in total. The highest BCUT2D eigenvalue weighted by atomic mass is 16.4. The van der Waals surface area contributed by atoms with Crippen LogP contribution >= 0.6 is 0 Å². The van der Waals surface area contributed by atoms with Gasteiger partial charge in [-0.25, -0.2) is 4.79 Å². The number of hydrogen-bond acceptors (Lipinski definition) is 3. The fourth-order valence-electron chi connectivity index (χ4n) is 1.70. The van der Waals surface area contributed by atoms with E-state index >= 15 is 0 Å². The summed E-state index contributed by atoms with van der Waals surface area (Å²) in [5.74, 6) is -1.34. The van der Waals surface area contributed by atoms with Gasteiger partial charge in [0.25, 0.3) is 0 Å².